The fraction of sp³-hybridized carbons (Fsp3) is 0.433. The molecule has 4 fully saturated rings. The molecule has 1 amide bonds. The van der Waals surface area contributed by atoms with Crippen LogP contribution in [-0.4, -0.2) is 50.5 Å². The second-order valence-corrected chi connectivity index (χ2v) is 13.6. The third-order valence-corrected chi connectivity index (χ3v) is 10.4. The van der Waals surface area contributed by atoms with E-state index in [0.29, 0.717) is 11.1 Å². The lowest BCUT2D eigenvalue weighted by atomic mass is 9.66. The Bertz CT molecular complexity index is 1550. The maximum Gasteiger partial charge on any atom is 0.298 e. The average Bonchev–Trinajstić information content (AvgIpc) is 3.48. The summed E-state index contributed by atoms with van der Waals surface area (Å²) < 4.78 is 67.2. The second kappa shape index (κ2) is 10.8. The molecule has 7 rings (SSSR count). The minimum atomic E-state index is -4.54. The van der Waals surface area contributed by atoms with Crippen molar-refractivity contribution in [2.45, 2.75) is 61.1 Å². The number of carbonyl (C=O) groups excluding carboxylic acids is 1. The van der Waals surface area contributed by atoms with Gasteiger partial charge in [0.25, 0.3) is 5.92 Å². The number of sulfonamides is 1. The van der Waals surface area contributed by atoms with Crippen LogP contribution < -0.4 is 15.2 Å². The van der Waals surface area contributed by atoms with Gasteiger partial charge in [-0.3, -0.25) is 4.79 Å². The van der Waals surface area contributed by atoms with Crippen LogP contribution in [0.15, 0.2) is 65.6 Å². The Morgan fingerprint density at radius 3 is 2.29 bits per heavy atom. The van der Waals surface area contributed by atoms with Gasteiger partial charge in [0.05, 0.1) is 11.0 Å². The SMILES string of the molecule is NC1C2CC1CN(C(=O)C(NS(=O)(=O)c1ccc3cc(OC4CCCC4)ccc3c1)C(F)(F)c1ccc(Cl)cc1)C2. The third-order valence-electron chi connectivity index (χ3n) is 8.73. The predicted molar refractivity (Wildman–Crippen MR) is 152 cm³/mol. The van der Waals surface area contributed by atoms with Crippen LogP contribution in [0.5, 0.6) is 5.75 Å². The fourth-order valence-electron chi connectivity index (χ4n) is 6.27. The Labute approximate surface area is 243 Å². The first-order valence-electron chi connectivity index (χ1n) is 13.9. The first-order chi connectivity index (χ1) is 19.5. The molecule has 2 saturated carbocycles. The van der Waals surface area contributed by atoms with E-state index in [9.17, 15) is 13.2 Å². The number of hydrogen-bond donors (Lipinski definition) is 2. The summed E-state index contributed by atoms with van der Waals surface area (Å²) in [6.07, 6.45) is 5.30. The Morgan fingerprint density at radius 1 is 1.00 bits per heavy atom. The molecular formula is C30H32ClF2N3O4S. The van der Waals surface area contributed by atoms with Crippen molar-refractivity contribution in [1.82, 2.24) is 9.62 Å². The summed E-state index contributed by atoms with van der Waals surface area (Å²) in [5.41, 5.74) is 5.59. The normalized spacial score (nSPS) is 23.8. The lowest BCUT2D eigenvalue weighted by Gasteiger charge is -2.52. The summed E-state index contributed by atoms with van der Waals surface area (Å²) in [5, 5.41) is 1.60. The van der Waals surface area contributed by atoms with Gasteiger partial charge in [0.2, 0.25) is 15.9 Å². The van der Waals surface area contributed by atoms with Gasteiger partial charge in [0.15, 0.2) is 6.04 Å². The molecule has 218 valence electrons. The maximum atomic E-state index is 16.0. The van der Waals surface area contributed by atoms with Crippen molar-refractivity contribution in [1.29, 1.82) is 0 Å². The van der Waals surface area contributed by atoms with Crippen molar-refractivity contribution in [3.8, 4) is 5.75 Å². The summed E-state index contributed by atoms with van der Waals surface area (Å²) >= 11 is 5.90. The highest BCUT2D eigenvalue weighted by Crippen LogP contribution is 2.41. The number of amides is 1. The monoisotopic (exact) mass is 603 g/mol. The summed E-state index contributed by atoms with van der Waals surface area (Å²) in [6, 6.07) is 12.1. The molecule has 0 aromatic heterocycles. The second-order valence-electron chi connectivity index (χ2n) is 11.5. The molecule has 3 aromatic rings. The highest BCUT2D eigenvalue weighted by atomic mass is 35.5. The molecule has 0 radical (unpaired) electrons. The van der Waals surface area contributed by atoms with Crippen LogP contribution in [0.4, 0.5) is 8.78 Å². The summed E-state index contributed by atoms with van der Waals surface area (Å²) in [5.74, 6) is -4.11. The number of nitrogens with two attached hydrogens (primary N) is 1. The van der Waals surface area contributed by atoms with Gasteiger partial charge < -0.3 is 15.4 Å². The first kappa shape index (κ1) is 28.3. The molecule has 7 nitrogen and oxygen atoms in total. The molecule has 11 heteroatoms. The first-order valence-corrected chi connectivity index (χ1v) is 15.8. The molecule has 0 spiro atoms. The van der Waals surface area contributed by atoms with Crippen molar-refractivity contribution < 1.29 is 26.7 Å². The molecule has 2 aliphatic carbocycles. The minimum Gasteiger partial charge on any atom is -0.490 e. The number of piperidine rings is 2. The topological polar surface area (TPSA) is 102 Å². The average molecular weight is 604 g/mol. The van der Waals surface area contributed by atoms with E-state index in [0.717, 1.165) is 49.6 Å². The zero-order chi connectivity index (χ0) is 28.9. The van der Waals surface area contributed by atoms with E-state index in [2.05, 4.69) is 4.72 Å². The number of rotatable bonds is 8. The number of fused-ring (bicyclic) bond motifs is 3. The van der Waals surface area contributed by atoms with Crippen LogP contribution in [0, 0.1) is 11.8 Å². The number of nitrogens with one attached hydrogen (secondary N) is 1. The van der Waals surface area contributed by atoms with Gasteiger partial charge in [-0.05, 0) is 91.1 Å². The van der Waals surface area contributed by atoms with E-state index >= 15 is 8.78 Å². The summed E-state index contributed by atoms with van der Waals surface area (Å²) in [7, 11) is -4.54. The minimum absolute atomic E-state index is 0.0159. The Balaban J connectivity index is 1.29. The van der Waals surface area contributed by atoms with E-state index < -0.39 is 33.5 Å². The standard InChI is InChI=1S/C30H32ClF2N3O4S/c31-23-9-7-22(8-10-23)30(32,33)28(29(37)36-16-20-13-21(17-36)27(20)34)35-41(38,39)26-12-6-18-14-25(11-5-19(18)15-26)40-24-3-1-2-4-24/h5-12,14-15,20-21,24,27-28,35H,1-4,13,16-17,34H2. The molecule has 3 N–H and O–H groups in total. The molecule has 3 aromatic carbocycles. The lowest BCUT2D eigenvalue weighted by molar-refractivity contribution is -0.151. The highest BCUT2D eigenvalue weighted by Gasteiger charge is 2.53. The third kappa shape index (κ3) is 5.55. The van der Waals surface area contributed by atoms with Crippen LogP contribution in [0.1, 0.15) is 37.7 Å². The molecule has 2 heterocycles. The molecule has 4 aliphatic rings. The number of benzene rings is 3. The molecule has 2 bridgehead atoms. The zero-order valence-corrected chi connectivity index (χ0v) is 23.9. The van der Waals surface area contributed by atoms with Gasteiger partial charge in [-0.2, -0.15) is 13.5 Å². The van der Waals surface area contributed by atoms with Gasteiger partial charge >= 0.3 is 0 Å². The Hall–Kier alpha value is -2.79. The molecular weight excluding hydrogens is 572 g/mol. The Kier molecular flexibility index (Phi) is 7.46. The van der Waals surface area contributed by atoms with Gasteiger partial charge in [0.1, 0.15) is 5.75 Å². The molecule has 2 saturated heterocycles. The van der Waals surface area contributed by atoms with Crippen LogP contribution >= 0.6 is 11.6 Å². The summed E-state index contributed by atoms with van der Waals surface area (Å²) in [4.78, 5) is 14.7. The number of hydrogen-bond acceptors (Lipinski definition) is 5. The van der Waals surface area contributed by atoms with Crippen LogP contribution in [-0.2, 0) is 20.7 Å². The van der Waals surface area contributed by atoms with Crippen molar-refractivity contribution in [3.63, 3.8) is 0 Å². The predicted octanol–water partition coefficient (Wildman–Crippen LogP) is 5.06. The van der Waals surface area contributed by atoms with E-state index in [-0.39, 0.29) is 47.0 Å². The van der Waals surface area contributed by atoms with Crippen LogP contribution in [0.3, 0.4) is 0 Å². The number of nitrogens with zero attached hydrogens (tertiary/aromatic N) is 1. The largest absolute Gasteiger partial charge is 0.490 e. The molecule has 2 aliphatic heterocycles. The number of halogens is 3. The quantitative estimate of drug-likeness (QED) is 0.375. The highest BCUT2D eigenvalue weighted by molar-refractivity contribution is 7.89. The van der Waals surface area contributed by atoms with E-state index in [1.165, 1.54) is 29.2 Å². The maximum absolute atomic E-state index is 16.0. The van der Waals surface area contributed by atoms with E-state index in [4.69, 9.17) is 22.1 Å². The fourth-order valence-corrected chi connectivity index (χ4v) is 7.62. The number of alkyl halides is 2. The zero-order valence-electron chi connectivity index (χ0n) is 22.3. The Morgan fingerprint density at radius 2 is 1.63 bits per heavy atom. The van der Waals surface area contributed by atoms with Crippen molar-refractivity contribution in [3.05, 3.63) is 71.2 Å². The van der Waals surface area contributed by atoms with Crippen molar-refractivity contribution in [2.24, 2.45) is 17.6 Å². The van der Waals surface area contributed by atoms with Gasteiger partial charge in [-0.25, -0.2) is 8.42 Å². The van der Waals surface area contributed by atoms with Crippen LogP contribution in [0.2, 0.25) is 5.02 Å². The molecule has 3 atom stereocenters. The number of carbonyl (C=O) groups is 1. The smallest absolute Gasteiger partial charge is 0.298 e. The van der Waals surface area contributed by atoms with E-state index in [1.54, 1.807) is 18.2 Å². The van der Waals surface area contributed by atoms with Gasteiger partial charge in [-0.1, -0.05) is 35.9 Å². The van der Waals surface area contributed by atoms with Crippen LogP contribution in [0.25, 0.3) is 10.8 Å². The lowest BCUT2D eigenvalue weighted by Crippen LogP contribution is -2.66. The van der Waals surface area contributed by atoms with Gasteiger partial charge in [-0.15, -0.1) is 0 Å². The molecule has 41 heavy (non-hydrogen) atoms. The molecule has 3 unspecified atom stereocenters. The summed E-state index contributed by atoms with van der Waals surface area (Å²) in [6.45, 7) is 0.430. The van der Waals surface area contributed by atoms with Crippen molar-refractivity contribution >= 4 is 38.3 Å². The van der Waals surface area contributed by atoms with E-state index in [1.807, 2.05) is 6.07 Å². The number of ether oxygens (including phenoxy) is 1. The van der Waals surface area contributed by atoms with Gasteiger partial charge in [0, 0.05) is 29.7 Å². The van der Waals surface area contributed by atoms with Crippen molar-refractivity contribution in [2.75, 3.05) is 13.1 Å².